The van der Waals surface area contributed by atoms with Crippen LogP contribution in [0.1, 0.15) is 18.9 Å². The normalized spacial score (nSPS) is 10.4. The monoisotopic (exact) mass is 190 g/mol. The van der Waals surface area contributed by atoms with Crippen LogP contribution in [-0.2, 0) is 16.1 Å². The van der Waals surface area contributed by atoms with Gasteiger partial charge in [0.15, 0.2) is 0 Å². The molecule has 0 bridgehead atoms. The summed E-state index contributed by atoms with van der Waals surface area (Å²) in [7, 11) is 0. The number of rotatable bonds is 4. The number of ether oxygens (including phenoxy) is 1. The molecular formula is C12H14O2. The van der Waals surface area contributed by atoms with Gasteiger partial charge in [-0.2, -0.15) is 0 Å². The topological polar surface area (TPSA) is 26.3 Å². The van der Waals surface area contributed by atoms with E-state index in [0.29, 0.717) is 6.61 Å². The van der Waals surface area contributed by atoms with Gasteiger partial charge < -0.3 is 4.74 Å². The molecule has 0 N–H and O–H groups in total. The second kappa shape index (κ2) is 5.97. The van der Waals surface area contributed by atoms with Crippen molar-refractivity contribution in [1.82, 2.24) is 0 Å². The van der Waals surface area contributed by atoms with Crippen LogP contribution in [-0.4, -0.2) is 5.97 Å². The van der Waals surface area contributed by atoms with E-state index in [4.69, 9.17) is 4.74 Å². The minimum atomic E-state index is -0.282. The quantitative estimate of drug-likeness (QED) is 0.539. The third-order valence-electron chi connectivity index (χ3n) is 1.71. The molecule has 0 aromatic heterocycles. The summed E-state index contributed by atoms with van der Waals surface area (Å²) in [5, 5.41) is 0. The number of hydrogen-bond donors (Lipinski definition) is 0. The van der Waals surface area contributed by atoms with E-state index in [2.05, 4.69) is 0 Å². The SMILES string of the molecule is CC/C=C/C(=O)OCc1ccccc1. The molecule has 1 aromatic rings. The summed E-state index contributed by atoms with van der Waals surface area (Å²) in [6.07, 6.45) is 4.09. The van der Waals surface area contributed by atoms with Crippen LogP contribution in [0.2, 0.25) is 0 Å². The van der Waals surface area contributed by atoms with Crippen molar-refractivity contribution in [2.24, 2.45) is 0 Å². The molecule has 0 heterocycles. The lowest BCUT2D eigenvalue weighted by Gasteiger charge is -2.00. The Kier molecular flexibility index (Phi) is 4.48. The van der Waals surface area contributed by atoms with Crippen LogP contribution in [0.3, 0.4) is 0 Å². The van der Waals surface area contributed by atoms with Gasteiger partial charge in [0.2, 0.25) is 0 Å². The molecule has 74 valence electrons. The van der Waals surface area contributed by atoms with Gasteiger partial charge in [0, 0.05) is 6.08 Å². The zero-order chi connectivity index (χ0) is 10.2. The zero-order valence-electron chi connectivity index (χ0n) is 8.27. The van der Waals surface area contributed by atoms with Gasteiger partial charge >= 0.3 is 5.97 Å². The van der Waals surface area contributed by atoms with Crippen molar-refractivity contribution in [3.05, 3.63) is 48.0 Å². The first-order valence-corrected chi connectivity index (χ1v) is 4.70. The van der Waals surface area contributed by atoms with E-state index in [9.17, 15) is 4.79 Å². The minimum Gasteiger partial charge on any atom is -0.458 e. The molecule has 0 aliphatic rings. The van der Waals surface area contributed by atoms with Crippen LogP contribution in [0.5, 0.6) is 0 Å². The lowest BCUT2D eigenvalue weighted by molar-refractivity contribution is -0.139. The van der Waals surface area contributed by atoms with Crippen LogP contribution >= 0.6 is 0 Å². The van der Waals surface area contributed by atoms with Gasteiger partial charge in [-0.05, 0) is 12.0 Å². The van der Waals surface area contributed by atoms with Crippen LogP contribution in [0.25, 0.3) is 0 Å². The molecule has 1 rings (SSSR count). The molecule has 2 nitrogen and oxygen atoms in total. The first kappa shape index (κ1) is 10.5. The largest absolute Gasteiger partial charge is 0.458 e. The maximum atomic E-state index is 11.1. The highest BCUT2D eigenvalue weighted by molar-refractivity contribution is 5.81. The zero-order valence-corrected chi connectivity index (χ0v) is 8.27. The van der Waals surface area contributed by atoms with Crippen LogP contribution < -0.4 is 0 Å². The Balaban J connectivity index is 2.34. The smallest absolute Gasteiger partial charge is 0.330 e. The Bertz CT molecular complexity index is 301. The van der Waals surface area contributed by atoms with Gasteiger partial charge in [-0.1, -0.05) is 43.3 Å². The Morgan fingerprint density at radius 1 is 1.36 bits per heavy atom. The highest BCUT2D eigenvalue weighted by Crippen LogP contribution is 2.00. The summed E-state index contributed by atoms with van der Waals surface area (Å²) in [5.41, 5.74) is 1.01. The van der Waals surface area contributed by atoms with Crippen molar-refractivity contribution in [3.63, 3.8) is 0 Å². The predicted octanol–water partition coefficient (Wildman–Crippen LogP) is 2.70. The number of carbonyl (C=O) groups excluding carboxylic acids is 1. The molecular weight excluding hydrogens is 176 g/mol. The summed E-state index contributed by atoms with van der Waals surface area (Å²) in [6, 6.07) is 9.63. The number of esters is 1. The van der Waals surface area contributed by atoms with Gasteiger partial charge in [-0.3, -0.25) is 0 Å². The standard InChI is InChI=1S/C12H14O2/c1-2-3-9-12(13)14-10-11-7-5-4-6-8-11/h3-9H,2,10H2,1H3/b9-3+. The van der Waals surface area contributed by atoms with E-state index in [1.165, 1.54) is 6.08 Å². The molecule has 0 aliphatic carbocycles. The average molecular weight is 190 g/mol. The van der Waals surface area contributed by atoms with Crippen molar-refractivity contribution >= 4 is 5.97 Å². The fraction of sp³-hybridized carbons (Fsp3) is 0.250. The maximum Gasteiger partial charge on any atom is 0.330 e. The van der Waals surface area contributed by atoms with Gasteiger partial charge in [-0.25, -0.2) is 4.79 Å². The molecule has 0 atom stereocenters. The molecule has 0 radical (unpaired) electrons. The second-order valence-electron chi connectivity index (χ2n) is 2.90. The van der Waals surface area contributed by atoms with Crippen molar-refractivity contribution in [1.29, 1.82) is 0 Å². The Morgan fingerprint density at radius 2 is 2.07 bits per heavy atom. The van der Waals surface area contributed by atoms with E-state index in [1.807, 2.05) is 37.3 Å². The third-order valence-corrected chi connectivity index (χ3v) is 1.71. The van der Waals surface area contributed by atoms with E-state index in [1.54, 1.807) is 6.08 Å². The summed E-state index contributed by atoms with van der Waals surface area (Å²) in [4.78, 5) is 11.1. The van der Waals surface area contributed by atoms with E-state index >= 15 is 0 Å². The van der Waals surface area contributed by atoms with Gasteiger partial charge in [0.05, 0.1) is 0 Å². The number of benzene rings is 1. The first-order chi connectivity index (χ1) is 6.83. The van der Waals surface area contributed by atoms with E-state index in [-0.39, 0.29) is 5.97 Å². The van der Waals surface area contributed by atoms with E-state index in [0.717, 1.165) is 12.0 Å². The number of allylic oxidation sites excluding steroid dienone is 1. The van der Waals surface area contributed by atoms with Crippen molar-refractivity contribution in [2.75, 3.05) is 0 Å². The lowest BCUT2D eigenvalue weighted by Crippen LogP contribution is -2.00. The van der Waals surface area contributed by atoms with Crippen LogP contribution in [0, 0.1) is 0 Å². The number of hydrogen-bond acceptors (Lipinski definition) is 2. The summed E-state index contributed by atoms with van der Waals surface area (Å²) in [6.45, 7) is 2.31. The van der Waals surface area contributed by atoms with Gasteiger partial charge in [-0.15, -0.1) is 0 Å². The lowest BCUT2D eigenvalue weighted by atomic mass is 10.2. The highest BCUT2D eigenvalue weighted by atomic mass is 16.5. The molecule has 0 saturated carbocycles. The van der Waals surface area contributed by atoms with E-state index < -0.39 is 0 Å². The average Bonchev–Trinajstić information content (AvgIpc) is 2.25. The molecule has 0 amide bonds. The molecule has 0 aliphatic heterocycles. The maximum absolute atomic E-state index is 11.1. The van der Waals surface area contributed by atoms with Gasteiger partial charge in [0.1, 0.15) is 6.61 Å². The summed E-state index contributed by atoms with van der Waals surface area (Å²) < 4.78 is 5.00. The summed E-state index contributed by atoms with van der Waals surface area (Å²) in [5.74, 6) is -0.282. The highest BCUT2D eigenvalue weighted by Gasteiger charge is 1.96. The Labute approximate surface area is 84.2 Å². The molecule has 14 heavy (non-hydrogen) atoms. The van der Waals surface area contributed by atoms with Crippen LogP contribution in [0.15, 0.2) is 42.5 Å². The Morgan fingerprint density at radius 3 is 2.71 bits per heavy atom. The fourth-order valence-corrected chi connectivity index (χ4v) is 0.991. The first-order valence-electron chi connectivity index (χ1n) is 4.70. The third kappa shape index (κ3) is 3.90. The molecule has 0 saturated heterocycles. The predicted molar refractivity (Wildman–Crippen MR) is 55.7 cm³/mol. The van der Waals surface area contributed by atoms with Crippen molar-refractivity contribution in [2.45, 2.75) is 20.0 Å². The molecule has 1 aromatic carbocycles. The molecule has 0 spiro atoms. The molecule has 2 heteroatoms. The number of carbonyl (C=O) groups is 1. The van der Waals surface area contributed by atoms with Crippen molar-refractivity contribution in [3.8, 4) is 0 Å². The minimum absolute atomic E-state index is 0.282. The Hall–Kier alpha value is -1.57. The summed E-state index contributed by atoms with van der Waals surface area (Å²) >= 11 is 0. The molecule has 0 unspecified atom stereocenters. The van der Waals surface area contributed by atoms with Crippen molar-refractivity contribution < 1.29 is 9.53 Å². The van der Waals surface area contributed by atoms with Crippen LogP contribution in [0.4, 0.5) is 0 Å². The molecule has 0 fully saturated rings. The fourth-order valence-electron chi connectivity index (χ4n) is 0.991. The second-order valence-corrected chi connectivity index (χ2v) is 2.90. The van der Waals surface area contributed by atoms with Gasteiger partial charge in [0.25, 0.3) is 0 Å².